The molecule has 0 saturated heterocycles. The molecule has 0 amide bonds. The van der Waals surface area contributed by atoms with E-state index in [0.717, 1.165) is 22.7 Å². The van der Waals surface area contributed by atoms with Crippen molar-refractivity contribution >= 4 is 28.6 Å². The Hall–Kier alpha value is -5.11. The second-order valence-electron chi connectivity index (χ2n) is 13.8. The fourth-order valence-corrected chi connectivity index (χ4v) is 7.83. The van der Waals surface area contributed by atoms with Gasteiger partial charge in [0, 0.05) is 49.3 Å². The molecule has 2 atom stereocenters. The van der Waals surface area contributed by atoms with Crippen molar-refractivity contribution in [3.63, 3.8) is 0 Å². The molecule has 1 unspecified atom stereocenters. The minimum atomic E-state index is -3.29. The molecule has 9 nitrogen and oxygen atoms in total. The third-order valence-corrected chi connectivity index (χ3v) is 11.1. The van der Waals surface area contributed by atoms with Gasteiger partial charge in [-0.05, 0) is 66.8 Å². The number of carbonyl (C=O) groups is 1. The zero-order valence-corrected chi connectivity index (χ0v) is 30.7. The van der Waals surface area contributed by atoms with Gasteiger partial charge < -0.3 is 14.0 Å². The maximum Gasteiger partial charge on any atom is 0.308 e. The molecule has 14 heteroatoms. The van der Waals surface area contributed by atoms with Crippen LogP contribution in [0.15, 0.2) is 82.8 Å². The molecule has 6 bridgehead atoms. The second kappa shape index (κ2) is 14.0. The molecule has 0 saturated carbocycles. The van der Waals surface area contributed by atoms with Crippen molar-refractivity contribution in [2.75, 3.05) is 13.7 Å². The predicted octanol–water partition coefficient (Wildman–Crippen LogP) is 8.11. The SMILES string of the molecule is COC(=O)[C@H](C)Cc1cccc(C2(C)CCC(F)(F)COc3ccn(n3)Cc3c(c(F)cc4c3ccn4C)Sc3ccc(F)c(c3)-c3nc2nn3C)c1. The number of ether oxygens (including phenoxy) is 2. The van der Waals surface area contributed by atoms with Crippen molar-refractivity contribution in [2.24, 2.45) is 20.0 Å². The zero-order chi connectivity index (χ0) is 37.7. The highest BCUT2D eigenvalue weighted by Crippen LogP contribution is 2.42. The van der Waals surface area contributed by atoms with Crippen LogP contribution in [0.1, 0.15) is 49.2 Å². The summed E-state index contributed by atoms with van der Waals surface area (Å²) in [5.74, 6) is -4.74. The van der Waals surface area contributed by atoms with Gasteiger partial charge >= 0.3 is 5.97 Å². The second-order valence-corrected chi connectivity index (χ2v) is 14.9. The summed E-state index contributed by atoms with van der Waals surface area (Å²) in [7, 11) is 4.77. The van der Waals surface area contributed by atoms with Crippen LogP contribution in [0.3, 0.4) is 0 Å². The standard InChI is InChI=1S/C39H38F4N6O3S/c1-23(36(50)51-5)17-24-7-6-8-25(18-24)38(2)13-14-39(42,43)22-52-33-12-16-49(45-33)21-29-27-11-15-47(3)32(27)20-31(41)34(29)53-26-9-10-30(40)28(19-26)35-44-37(38)46-48(35)4/h6-12,15-16,18-20,23H,13-14,17,21-22H2,1-5H3/t23-,38?/m1/s1. The summed E-state index contributed by atoms with van der Waals surface area (Å²) in [5.41, 5.74) is 1.68. The van der Waals surface area contributed by atoms with Crippen LogP contribution in [0.2, 0.25) is 0 Å². The highest BCUT2D eigenvalue weighted by Gasteiger charge is 2.40. The van der Waals surface area contributed by atoms with Crippen molar-refractivity contribution in [1.82, 2.24) is 29.1 Å². The van der Waals surface area contributed by atoms with Crippen LogP contribution < -0.4 is 4.74 Å². The molecule has 1 aliphatic rings. The fraction of sp³-hybridized carbons (Fsp3) is 0.333. The van der Waals surface area contributed by atoms with Gasteiger partial charge in [-0.15, -0.1) is 5.10 Å². The van der Waals surface area contributed by atoms with Gasteiger partial charge in [-0.3, -0.25) is 9.48 Å². The van der Waals surface area contributed by atoms with E-state index in [0.29, 0.717) is 32.9 Å². The lowest BCUT2D eigenvalue weighted by atomic mass is 9.76. The summed E-state index contributed by atoms with van der Waals surface area (Å²) in [6, 6.07) is 16.7. The highest BCUT2D eigenvalue weighted by atomic mass is 32.2. The van der Waals surface area contributed by atoms with E-state index in [-0.39, 0.29) is 42.0 Å². The van der Waals surface area contributed by atoms with E-state index in [9.17, 15) is 4.79 Å². The van der Waals surface area contributed by atoms with Gasteiger partial charge in [0.15, 0.2) is 18.3 Å². The van der Waals surface area contributed by atoms with Crippen LogP contribution in [0.25, 0.3) is 22.3 Å². The lowest BCUT2D eigenvalue weighted by Gasteiger charge is -2.30. The molecule has 4 heterocycles. The van der Waals surface area contributed by atoms with E-state index in [1.165, 1.54) is 34.7 Å². The van der Waals surface area contributed by atoms with Gasteiger partial charge in [-0.25, -0.2) is 27.2 Å². The molecule has 0 radical (unpaired) electrons. The van der Waals surface area contributed by atoms with Gasteiger partial charge in [0.2, 0.25) is 5.88 Å². The maximum atomic E-state index is 16.0. The van der Waals surface area contributed by atoms with Crippen molar-refractivity contribution in [1.29, 1.82) is 0 Å². The number of benzene rings is 3. The van der Waals surface area contributed by atoms with Crippen LogP contribution in [-0.4, -0.2) is 54.7 Å². The molecule has 0 fully saturated rings. The molecule has 0 spiro atoms. The van der Waals surface area contributed by atoms with Crippen LogP contribution in [0, 0.1) is 17.6 Å². The van der Waals surface area contributed by atoms with Gasteiger partial charge in [0.25, 0.3) is 5.92 Å². The Kier molecular flexibility index (Phi) is 9.60. The maximum absolute atomic E-state index is 16.0. The number of esters is 1. The third kappa shape index (κ3) is 7.16. The molecule has 276 valence electrons. The van der Waals surface area contributed by atoms with Gasteiger partial charge in [0.1, 0.15) is 11.6 Å². The Labute approximate surface area is 307 Å². The highest BCUT2D eigenvalue weighted by molar-refractivity contribution is 7.99. The number of methoxy groups -OCH3 is 1. The Balaban J connectivity index is 1.37. The van der Waals surface area contributed by atoms with E-state index in [4.69, 9.17) is 14.5 Å². The third-order valence-electron chi connectivity index (χ3n) is 9.92. The van der Waals surface area contributed by atoms with Crippen molar-refractivity contribution < 1.29 is 31.8 Å². The Bertz CT molecular complexity index is 2340. The minimum Gasteiger partial charge on any atom is -0.470 e. The number of aromatic nitrogens is 6. The molecule has 7 rings (SSSR count). The monoisotopic (exact) mass is 746 g/mol. The molecule has 3 aromatic heterocycles. The average Bonchev–Trinajstić information content (AvgIpc) is 3.86. The summed E-state index contributed by atoms with van der Waals surface area (Å²) < 4.78 is 78.4. The number of halogens is 4. The van der Waals surface area contributed by atoms with Crippen molar-refractivity contribution in [2.45, 2.75) is 60.8 Å². The van der Waals surface area contributed by atoms with Crippen LogP contribution in [-0.2, 0) is 42.0 Å². The molecule has 0 aliphatic carbocycles. The van der Waals surface area contributed by atoms with E-state index in [1.807, 2.05) is 42.1 Å². The number of fused-ring (bicyclic) bond motifs is 10. The zero-order valence-electron chi connectivity index (χ0n) is 29.9. The summed E-state index contributed by atoms with van der Waals surface area (Å²) in [4.78, 5) is 17.9. The van der Waals surface area contributed by atoms with Gasteiger partial charge in [0.05, 0.1) is 41.0 Å². The summed E-state index contributed by atoms with van der Waals surface area (Å²) in [6.45, 7) is 2.73. The molecule has 6 aromatic rings. The number of carbonyl (C=O) groups excluding carboxylic acids is 1. The van der Waals surface area contributed by atoms with Gasteiger partial charge in [-0.2, -0.15) is 5.10 Å². The summed E-state index contributed by atoms with van der Waals surface area (Å²) in [5, 5.41) is 9.87. The van der Waals surface area contributed by atoms with E-state index < -0.39 is 41.9 Å². The lowest BCUT2D eigenvalue weighted by Crippen LogP contribution is -2.32. The first-order valence-corrected chi connectivity index (χ1v) is 17.9. The first-order chi connectivity index (χ1) is 25.2. The van der Waals surface area contributed by atoms with Crippen LogP contribution in [0.5, 0.6) is 5.88 Å². The molecule has 3 aromatic carbocycles. The van der Waals surface area contributed by atoms with Crippen molar-refractivity contribution in [3.05, 3.63) is 107 Å². The van der Waals surface area contributed by atoms with Crippen LogP contribution >= 0.6 is 11.8 Å². The minimum absolute atomic E-state index is 0.00639. The first-order valence-electron chi connectivity index (χ1n) is 17.1. The topological polar surface area (TPSA) is 89.0 Å². The molecule has 1 aliphatic heterocycles. The summed E-state index contributed by atoms with van der Waals surface area (Å²) >= 11 is 1.15. The normalized spacial score (nSPS) is 18.0. The Morgan fingerprint density at radius 1 is 1.02 bits per heavy atom. The first kappa shape index (κ1) is 36.3. The number of nitrogens with zero attached hydrogens (tertiary/aromatic N) is 6. The number of aryl methyl sites for hydroxylation is 2. The van der Waals surface area contributed by atoms with E-state index >= 15 is 17.6 Å². The number of rotatable bonds is 4. The van der Waals surface area contributed by atoms with Crippen molar-refractivity contribution in [3.8, 4) is 17.3 Å². The van der Waals surface area contributed by atoms with Gasteiger partial charge in [-0.1, -0.05) is 43.0 Å². The average molecular weight is 747 g/mol. The molecule has 53 heavy (non-hydrogen) atoms. The number of hydrogen-bond acceptors (Lipinski definition) is 7. The van der Waals surface area contributed by atoms with E-state index in [2.05, 4.69) is 10.2 Å². The Morgan fingerprint density at radius 3 is 2.62 bits per heavy atom. The molecule has 0 N–H and O–H groups in total. The lowest BCUT2D eigenvalue weighted by molar-refractivity contribution is -0.144. The smallest absolute Gasteiger partial charge is 0.308 e. The fourth-order valence-electron chi connectivity index (χ4n) is 6.83. The number of alkyl halides is 2. The molecular formula is C39H38F4N6O3S. The quantitative estimate of drug-likeness (QED) is 0.133. The van der Waals surface area contributed by atoms with E-state index in [1.54, 1.807) is 45.3 Å². The largest absolute Gasteiger partial charge is 0.470 e. The molecular weight excluding hydrogens is 709 g/mol. The summed E-state index contributed by atoms with van der Waals surface area (Å²) in [6.07, 6.45) is 3.10. The predicted molar refractivity (Wildman–Crippen MR) is 192 cm³/mol. The number of hydrogen-bond donors (Lipinski definition) is 0. The van der Waals surface area contributed by atoms with Crippen LogP contribution in [0.4, 0.5) is 17.6 Å². The Morgan fingerprint density at radius 2 is 1.83 bits per heavy atom.